The molecule has 1 nitrogen and oxygen atoms in total. The summed E-state index contributed by atoms with van der Waals surface area (Å²) < 4.78 is 72.0. The molecule has 0 atom stereocenters. The van der Waals surface area contributed by atoms with Crippen molar-refractivity contribution in [2.45, 2.75) is 18.8 Å². The zero-order chi connectivity index (χ0) is 13.3. The highest BCUT2D eigenvalue weighted by atomic mass is 19.4. The van der Waals surface area contributed by atoms with Gasteiger partial charge in [0, 0.05) is 6.42 Å². The molecule has 0 heterocycles. The molecular weight excluding hydrogens is 250 g/mol. The minimum atomic E-state index is -4.97. The van der Waals surface area contributed by atoms with E-state index in [0.29, 0.717) is 12.1 Å². The van der Waals surface area contributed by atoms with Gasteiger partial charge in [0.2, 0.25) is 5.78 Å². The normalized spacial score (nSPS) is 12.6. The van der Waals surface area contributed by atoms with Gasteiger partial charge in [0.1, 0.15) is 0 Å². The monoisotopic (exact) mass is 256 g/mol. The Hall–Kier alpha value is -1.53. The second kappa shape index (κ2) is 4.38. The molecule has 0 aliphatic heterocycles. The van der Waals surface area contributed by atoms with Crippen LogP contribution in [0.4, 0.5) is 26.3 Å². The fourth-order valence-corrected chi connectivity index (χ4v) is 1.10. The summed E-state index contributed by atoms with van der Waals surface area (Å²) >= 11 is 0. The average molecular weight is 256 g/mol. The Balaban J connectivity index is 2.80. The van der Waals surface area contributed by atoms with Crippen molar-refractivity contribution in [3.8, 4) is 0 Å². The third-order valence-electron chi connectivity index (χ3n) is 1.96. The van der Waals surface area contributed by atoms with E-state index in [-0.39, 0.29) is 5.56 Å². The van der Waals surface area contributed by atoms with Crippen molar-refractivity contribution in [2.24, 2.45) is 0 Å². The molecule has 0 spiro atoms. The van der Waals surface area contributed by atoms with Crippen molar-refractivity contribution in [1.29, 1.82) is 0 Å². The molecule has 0 amide bonds. The van der Waals surface area contributed by atoms with Crippen LogP contribution in [0, 0.1) is 0 Å². The molecule has 0 unspecified atom stereocenters. The standard InChI is InChI=1S/C10H6F6O/c11-9(12,13)7-3-1-6(2-4-7)5-8(17)10(14,15)16/h1-4H,5H2. The van der Waals surface area contributed by atoms with Crippen LogP contribution < -0.4 is 0 Å². The fourth-order valence-electron chi connectivity index (χ4n) is 1.10. The van der Waals surface area contributed by atoms with Crippen LogP contribution in [0.3, 0.4) is 0 Å². The molecule has 1 aromatic carbocycles. The SMILES string of the molecule is O=C(Cc1ccc(C(F)(F)F)cc1)C(F)(F)F. The van der Waals surface area contributed by atoms with E-state index >= 15 is 0 Å². The summed E-state index contributed by atoms with van der Waals surface area (Å²) in [5, 5.41) is 0. The van der Waals surface area contributed by atoms with E-state index in [0.717, 1.165) is 12.1 Å². The van der Waals surface area contributed by atoms with Gasteiger partial charge in [0.15, 0.2) is 0 Å². The molecule has 0 aromatic heterocycles. The first kappa shape index (κ1) is 13.5. The van der Waals surface area contributed by atoms with Gasteiger partial charge in [-0.3, -0.25) is 4.79 Å². The van der Waals surface area contributed by atoms with E-state index < -0.39 is 30.1 Å². The molecule has 0 saturated heterocycles. The first-order chi connectivity index (χ1) is 7.60. The molecule has 0 aliphatic rings. The second-order valence-electron chi connectivity index (χ2n) is 3.29. The van der Waals surface area contributed by atoms with Gasteiger partial charge >= 0.3 is 12.4 Å². The van der Waals surface area contributed by atoms with Crippen molar-refractivity contribution in [3.05, 3.63) is 35.4 Å². The van der Waals surface area contributed by atoms with E-state index in [2.05, 4.69) is 0 Å². The first-order valence-electron chi connectivity index (χ1n) is 4.37. The molecule has 1 aromatic rings. The largest absolute Gasteiger partial charge is 0.450 e. The maximum absolute atomic E-state index is 12.1. The van der Waals surface area contributed by atoms with Crippen molar-refractivity contribution in [1.82, 2.24) is 0 Å². The molecule has 0 aliphatic carbocycles. The van der Waals surface area contributed by atoms with E-state index in [1.807, 2.05) is 0 Å². The molecule has 94 valence electrons. The number of Topliss-reactive ketones (excluding diaryl/α,β-unsaturated/α-hetero) is 1. The quantitative estimate of drug-likeness (QED) is 0.741. The molecular formula is C10H6F6O. The summed E-state index contributed by atoms with van der Waals surface area (Å²) in [5.74, 6) is -1.99. The second-order valence-corrected chi connectivity index (χ2v) is 3.29. The number of carbonyl (C=O) groups is 1. The van der Waals surface area contributed by atoms with Crippen molar-refractivity contribution < 1.29 is 31.1 Å². The highest BCUT2D eigenvalue weighted by molar-refractivity contribution is 5.86. The lowest BCUT2D eigenvalue weighted by Crippen LogP contribution is -2.24. The molecule has 17 heavy (non-hydrogen) atoms. The number of halogens is 6. The number of carbonyl (C=O) groups excluding carboxylic acids is 1. The van der Waals surface area contributed by atoms with Gasteiger partial charge in [-0.1, -0.05) is 12.1 Å². The van der Waals surface area contributed by atoms with Crippen LogP contribution in [-0.4, -0.2) is 12.0 Å². The highest BCUT2D eigenvalue weighted by Crippen LogP contribution is 2.29. The summed E-state index contributed by atoms with van der Waals surface area (Å²) in [6.45, 7) is 0. The zero-order valence-corrected chi connectivity index (χ0v) is 8.19. The molecule has 0 fully saturated rings. The van der Waals surface area contributed by atoms with Gasteiger partial charge in [-0.25, -0.2) is 0 Å². The Morgan fingerprint density at radius 3 is 1.76 bits per heavy atom. The summed E-state index contributed by atoms with van der Waals surface area (Å²) in [6, 6.07) is 2.98. The molecule has 0 radical (unpaired) electrons. The van der Waals surface area contributed by atoms with Crippen molar-refractivity contribution in [2.75, 3.05) is 0 Å². The number of ketones is 1. The Morgan fingerprint density at radius 1 is 0.941 bits per heavy atom. The number of rotatable bonds is 2. The number of hydrogen-bond acceptors (Lipinski definition) is 1. The van der Waals surface area contributed by atoms with Crippen LogP contribution in [-0.2, 0) is 17.4 Å². The van der Waals surface area contributed by atoms with E-state index in [4.69, 9.17) is 0 Å². The maximum atomic E-state index is 12.1. The predicted octanol–water partition coefficient (Wildman–Crippen LogP) is 3.38. The van der Waals surface area contributed by atoms with E-state index in [1.165, 1.54) is 0 Å². The summed E-state index contributed by atoms with van der Waals surface area (Å²) in [5.41, 5.74) is -1.08. The average Bonchev–Trinajstić information content (AvgIpc) is 2.15. The van der Waals surface area contributed by atoms with Gasteiger partial charge in [-0.2, -0.15) is 26.3 Å². The van der Waals surface area contributed by atoms with E-state index in [9.17, 15) is 31.1 Å². The Bertz CT molecular complexity index is 400. The molecule has 0 N–H and O–H groups in total. The van der Waals surface area contributed by atoms with Crippen molar-refractivity contribution >= 4 is 5.78 Å². The van der Waals surface area contributed by atoms with Crippen LogP contribution in [0.1, 0.15) is 11.1 Å². The lowest BCUT2D eigenvalue weighted by atomic mass is 10.1. The lowest BCUT2D eigenvalue weighted by molar-refractivity contribution is -0.170. The van der Waals surface area contributed by atoms with Crippen LogP contribution in [0.5, 0.6) is 0 Å². The minimum Gasteiger partial charge on any atom is -0.289 e. The zero-order valence-electron chi connectivity index (χ0n) is 8.19. The Morgan fingerprint density at radius 2 is 1.41 bits per heavy atom. The van der Waals surface area contributed by atoms with Gasteiger partial charge in [0.25, 0.3) is 0 Å². The molecule has 1 rings (SSSR count). The number of alkyl halides is 6. The Kier molecular flexibility index (Phi) is 3.49. The van der Waals surface area contributed by atoms with Crippen LogP contribution >= 0.6 is 0 Å². The first-order valence-corrected chi connectivity index (χ1v) is 4.37. The Labute approximate surface area is 92.0 Å². The maximum Gasteiger partial charge on any atom is 0.450 e. The molecule has 7 heteroatoms. The molecule has 0 bridgehead atoms. The smallest absolute Gasteiger partial charge is 0.289 e. The summed E-state index contributed by atoms with van der Waals surface area (Å²) in [4.78, 5) is 10.6. The van der Waals surface area contributed by atoms with E-state index in [1.54, 1.807) is 0 Å². The van der Waals surface area contributed by atoms with Crippen LogP contribution in [0.15, 0.2) is 24.3 Å². The third-order valence-corrected chi connectivity index (χ3v) is 1.96. The predicted molar refractivity (Wildman–Crippen MR) is 46.2 cm³/mol. The highest BCUT2D eigenvalue weighted by Gasteiger charge is 2.38. The number of hydrogen-bond donors (Lipinski definition) is 0. The molecule has 0 saturated carbocycles. The summed E-state index contributed by atoms with van der Waals surface area (Å²) in [6.07, 6.45) is -10.5. The van der Waals surface area contributed by atoms with Gasteiger partial charge in [-0.05, 0) is 17.7 Å². The van der Waals surface area contributed by atoms with Crippen LogP contribution in [0.25, 0.3) is 0 Å². The van der Waals surface area contributed by atoms with Crippen molar-refractivity contribution in [3.63, 3.8) is 0 Å². The van der Waals surface area contributed by atoms with Crippen LogP contribution in [0.2, 0.25) is 0 Å². The minimum absolute atomic E-state index is 0.111. The third kappa shape index (κ3) is 3.76. The van der Waals surface area contributed by atoms with Gasteiger partial charge in [-0.15, -0.1) is 0 Å². The van der Waals surface area contributed by atoms with Gasteiger partial charge in [0.05, 0.1) is 5.56 Å². The topological polar surface area (TPSA) is 17.1 Å². The fraction of sp³-hybridized carbons (Fsp3) is 0.300. The summed E-state index contributed by atoms with van der Waals surface area (Å²) in [7, 11) is 0. The number of benzene rings is 1. The van der Waals surface area contributed by atoms with Gasteiger partial charge < -0.3 is 0 Å². The lowest BCUT2D eigenvalue weighted by Gasteiger charge is -2.08.